The lowest BCUT2D eigenvalue weighted by atomic mass is 10.1. The lowest BCUT2D eigenvalue weighted by Gasteiger charge is -2.31. The van der Waals surface area contributed by atoms with Gasteiger partial charge in [0.25, 0.3) is 0 Å². The molecule has 2 rings (SSSR count). The third-order valence-corrected chi connectivity index (χ3v) is 6.13. The maximum atomic E-state index is 12.2. The number of carbonyl (C=O) groups excluding carboxylic acids is 1. The number of amides is 1. The Morgan fingerprint density at radius 1 is 1.22 bits per heavy atom. The SMILES string of the molecule is CCCCS(=O)(=O)N1CCC(NC(=O)Cc2ccccc2)CC1. The number of nitrogens with zero attached hydrogens (tertiary/aromatic N) is 1. The Bertz CT molecular complexity index is 594. The summed E-state index contributed by atoms with van der Waals surface area (Å²) in [5.74, 6) is 0.234. The molecule has 1 amide bonds. The normalized spacial score (nSPS) is 17.1. The molecule has 0 radical (unpaired) electrons. The standard InChI is InChI=1S/C17H26N2O3S/c1-2-3-13-23(21,22)19-11-9-16(10-12-19)18-17(20)14-15-7-5-4-6-8-15/h4-8,16H,2-3,9-14H2,1H3,(H,18,20). The van der Waals surface area contributed by atoms with Crippen molar-refractivity contribution >= 4 is 15.9 Å². The molecule has 0 unspecified atom stereocenters. The van der Waals surface area contributed by atoms with Crippen molar-refractivity contribution in [3.05, 3.63) is 35.9 Å². The summed E-state index contributed by atoms with van der Waals surface area (Å²) in [5.41, 5.74) is 0.990. The molecule has 1 saturated heterocycles. The van der Waals surface area contributed by atoms with Gasteiger partial charge in [-0.3, -0.25) is 4.79 Å². The number of sulfonamides is 1. The Balaban J connectivity index is 1.77. The summed E-state index contributed by atoms with van der Waals surface area (Å²) in [6, 6.07) is 9.70. The molecule has 0 aliphatic carbocycles. The average Bonchev–Trinajstić information content (AvgIpc) is 2.54. The van der Waals surface area contributed by atoms with Gasteiger partial charge in [-0.05, 0) is 24.8 Å². The van der Waals surface area contributed by atoms with E-state index in [0.29, 0.717) is 38.8 Å². The van der Waals surface area contributed by atoms with Crippen LogP contribution in [0.25, 0.3) is 0 Å². The van der Waals surface area contributed by atoms with Crippen LogP contribution in [-0.4, -0.2) is 43.5 Å². The molecule has 1 aliphatic heterocycles. The minimum Gasteiger partial charge on any atom is -0.353 e. The summed E-state index contributed by atoms with van der Waals surface area (Å²) >= 11 is 0. The predicted molar refractivity (Wildman–Crippen MR) is 91.6 cm³/mol. The number of carbonyl (C=O) groups is 1. The fourth-order valence-electron chi connectivity index (χ4n) is 2.79. The molecule has 0 atom stereocenters. The molecule has 6 heteroatoms. The highest BCUT2D eigenvalue weighted by atomic mass is 32.2. The Hall–Kier alpha value is -1.40. The van der Waals surface area contributed by atoms with Crippen molar-refractivity contribution in [3.8, 4) is 0 Å². The maximum absolute atomic E-state index is 12.2. The van der Waals surface area contributed by atoms with Gasteiger partial charge in [0, 0.05) is 19.1 Å². The van der Waals surface area contributed by atoms with Crippen LogP contribution in [0, 0.1) is 0 Å². The topological polar surface area (TPSA) is 66.5 Å². The average molecular weight is 338 g/mol. The van der Waals surface area contributed by atoms with Crippen LogP contribution < -0.4 is 5.32 Å². The highest BCUT2D eigenvalue weighted by Gasteiger charge is 2.28. The van der Waals surface area contributed by atoms with E-state index in [4.69, 9.17) is 0 Å². The predicted octanol–water partition coefficient (Wildman–Crippen LogP) is 1.94. The Morgan fingerprint density at radius 2 is 1.87 bits per heavy atom. The molecule has 1 N–H and O–H groups in total. The van der Waals surface area contributed by atoms with Crippen LogP contribution in [0.3, 0.4) is 0 Å². The van der Waals surface area contributed by atoms with Crippen molar-refractivity contribution in [2.24, 2.45) is 0 Å². The molecule has 1 aromatic rings. The fraction of sp³-hybridized carbons (Fsp3) is 0.588. The number of piperidine rings is 1. The monoisotopic (exact) mass is 338 g/mol. The number of nitrogens with one attached hydrogen (secondary N) is 1. The van der Waals surface area contributed by atoms with Crippen LogP contribution >= 0.6 is 0 Å². The van der Waals surface area contributed by atoms with Gasteiger partial charge in [0.15, 0.2) is 0 Å². The first kappa shape index (κ1) is 17.9. The second-order valence-corrected chi connectivity index (χ2v) is 8.16. The molecular formula is C17H26N2O3S. The van der Waals surface area contributed by atoms with Gasteiger partial charge in [-0.25, -0.2) is 12.7 Å². The second kappa shape index (κ2) is 8.45. The molecule has 5 nitrogen and oxygen atoms in total. The van der Waals surface area contributed by atoms with Gasteiger partial charge < -0.3 is 5.32 Å². The van der Waals surface area contributed by atoms with Crippen LogP contribution in [0.15, 0.2) is 30.3 Å². The van der Waals surface area contributed by atoms with Gasteiger partial charge >= 0.3 is 0 Å². The first-order valence-corrected chi connectivity index (χ1v) is 9.93. The second-order valence-electron chi connectivity index (χ2n) is 6.07. The molecule has 128 valence electrons. The zero-order chi connectivity index (χ0) is 16.7. The Labute approximate surface area is 139 Å². The lowest BCUT2D eigenvalue weighted by Crippen LogP contribution is -2.47. The van der Waals surface area contributed by atoms with Crippen molar-refractivity contribution in [2.75, 3.05) is 18.8 Å². The van der Waals surface area contributed by atoms with Gasteiger partial charge in [0.1, 0.15) is 0 Å². The summed E-state index contributed by atoms with van der Waals surface area (Å²) < 4.78 is 25.9. The van der Waals surface area contributed by atoms with Crippen LogP contribution in [0.2, 0.25) is 0 Å². The van der Waals surface area contributed by atoms with Crippen molar-refractivity contribution in [2.45, 2.75) is 45.1 Å². The molecule has 23 heavy (non-hydrogen) atoms. The first-order chi connectivity index (χ1) is 11.0. The number of rotatable bonds is 7. The summed E-state index contributed by atoms with van der Waals surface area (Å²) in [7, 11) is -3.13. The van der Waals surface area contributed by atoms with Gasteiger partial charge in [-0.15, -0.1) is 0 Å². The van der Waals surface area contributed by atoms with Gasteiger partial charge in [0.2, 0.25) is 15.9 Å². The molecule has 0 aromatic heterocycles. The van der Waals surface area contributed by atoms with Crippen LogP contribution in [0.4, 0.5) is 0 Å². The van der Waals surface area contributed by atoms with E-state index in [1.165, 1.54) is 0 Å². The maximum Gasteiger partial charge on any atom is 0.224 e. The van der Waals surface area contributed by atoms with Crippen molar-refractivity contribution < 1.29 is 13.2 Å². The highest BCUT2D eigenvalue weighted by molar-refractivity contribution is 7.89. The number of unbranched alkanes of at least 4 members (excludes halogenated alkanes) is 1. The van der Waals surface area contributed by atoms with E-state index in [1.807, 2.05) is 37.3 Å². The molecule has 0 saturated carbocycles. The fourth-order valence-corrected chi connectivity index (χ4v) is 4.47. The smallest absolute Gasteiger partial charge is 0.224 e. The quantitative estimate of drug-likeness (QED) is 0.826. The number of hydrogen-bond acceptors (Lipinski definition) is 3. The molecule has 0 bridgehead atoms. The summed E-state index contributed by atoms with van der Waals surface area (Å²) in [6.07, 6.45) is 3.33. The molecular weight excluding hydrogens is 312 g/mol. The van der Waals surface area contributed by atoms with E-state index in [2.05, 4.69) is 5.32 Å². The van der Waals surface area contributed by atoms with Crippen molar-refractivity contribution in [1.82, 2.24) is 9.62 Å². The molecule has 1 aliphatic rings. The lowest BCUT2D eigenvalue weighted by molar-refractivity contribution is -0.121. The van der Waals surface area contributed by atoms with Gasteiger partial charge in [-0.1, -0.05) is 43.7 Å². The molecule has 1 heterocycles. The summed E-state index contributed by atoms with van der Waals surface area (Å²) in [4.78, 5) is 12.1. The summed E-state index contributed by atoms with van der Waals surface area (Å²) in [5, 5.41) is 3.02. The summed E-state index contributed by atoms with van der Waals surface area (Å²) in [6.45, 7) is 2.99. The minimum absolute atomic E-state index is 0.00323. The Morgan fingerprint density at radius 3 is 2.48 bits per heavy atom. The van der Waals surface area contributed by atoms with Crippen molar-refractivity contribution in [3.63, 3.8) is 0 Å². The van der Waals surface area contributed by atoms with Crippen LogP contribution in [0.1, 0.15) is 38.2 Å². The molecule has 1 aromatic carbocycles. The Kier molecular flexibility index (Phi) is 6.59. The minimum atomic E-state index is -3.13. The molecule has 1 fully saturated rings. The van der Waals surface area contributed by atoms with Crippen molar-refractivity contribution in [1.29, 1.82) is 0 Å². The zero-order valence-corrected chi connectivity index (χ0v) is 14.5. The number of benzene rings is 1. The van der Waals surface area contributed by atoms with Gasteiger partial charge in [0.05, 0.1) is 12.2 Å². The third-order valence-electron chi connectivity index (χ3n) is 4.18. The number of hydrogen-bond donors (Lipinski definition) is 1. The van der Waals surface area contributed by atoms with E-state index < -0.39 is 10.0 Å². The van der Waals surface area contributed by atoms with E-state index in [9.17, 15) is 13.2 Å². The third kappa shape index (κ3) is 5.62. The van der Waals surface area contributed by atoms with Gasteiger partial charge in [-0.2, -0.15) is 0 Å². The first-order valence-electron chi connectivity index (χ1n) is 8.32. The van der Waals surface area contributed by atoms with E-state index >= 15 is 0 Å². The molecule has 0 spiro atoms. The van der Waals surface area contributed by atoms with Crippen LogP contribution in [-0.2, 0) is 21.2 Å². The zero-order valence-electron chi connectivity index (χ0n) is 13.7. The highest BCUT2D eigenvalue weighted by Crippen LogP contribution is 2.15. The van der Waals surface area contributed by atoms with E-state index in [0.717, 1.165) is 12.0 Å². The van der Waals surface area contributed by atoms with E-state index in [1.54, 1.807) is 4.31 Å². The van der Waals surface area contributed by atoms with E-state index in [-0.39, 0.29) is 17.7 Å². The largest absolute Gasteiger partial charge is 0.353 e. The van der Waals surface area contributed by atoms with Crippen LogP contribution in [0.5, 0.6) is 0 Å².